The van der Waals surface area contributed by atoms with Crippen LogP contribution in [0.1, 0.15) is 13.8 Å². The van der Waals surface area contributed by atoms with Crippen molar-refractivity contribution in [2.75, 3.05) is 12.8 Å². The van der Waals surface area contributed by atoms with E-state index < -0.39 is 17.1 Å². The molecule has 76 valence electrons. The van der Waals surface area contributed by atoms with Crippen molar-refractivity contribution in [1.29, 1.82) is 0 Å². The smallest absolute Gasteiger partial charge is 0.266 e. The molecule has 0 spiro atoms. The third-order valence-corrected chi connectivity index (χ3v) is 3.03. The molecule has 0 fully saturated rings. The van der Waals surface area contributed by atoms with Gasteiger partial charge in [0.1, 0.15) is 11.7 Å². The van der Waals surface area contributed by atoms with Gasteiger partial charge in [-0.05, 0) is 19.0 Å². The maximum absolute atomic E-state index is 11.2. The van der Waals surface area contributed by atoms with E-state index in [1.54, 1.807) is 13.8 Å². The number of nitrogens with one attached hydrogen (secondary N) is 1. The molecule has 0 heterocycles. The predicted molar refractivity (Wildman–Crippen MR) is 51.1 cm³/mol. The van der Waals surface area contributed by atoms with Gasteiger partial charge in [-0.2, -0.15) is 0 Å². The second-order valence-electron chi connectivity index (χ2n) is 2.41. The SMILES string of the molecule is CC[S+]([O-])C(=NO)C(C)C(=O)NC. The highest BCUT2D eigenvalue weighted by Crippen LogP contribution is 2.07. The monoisotopic (exact) mass is 206 g/mol. The minimum absolute atomic E-state index is 0.0156. The molecular weight excluding hydrogens is 192 g/mol. The minimum Gasteiger partial charge on any atom is -0.610 e. The molecule has 0 saturated carbocycles. The van der Waals surface area contributed by atoms with Crippen LogP contribution in [0.4, 0.5) is 0 Å². The Morgan fingerprint density at radius 1 is 1.77 bits per heavy atom. The van der Waals surface area contributed by atoms with Gasteiger partial charge < -0.3 is 15.1 Å². The van der Waals surface area contributed by atoms with Gasteiger partial charge >= 0.3 is 0 Å². The molecule has 0 aromatic heterocycles. The molecule has 0 aliphatic carbocycles. The highest BCUT2D eigenvalue weighted by Gasteiger charge is 2.28. The lowest BCUT2D eigenvalue weighted by Gasteiger charge is -2.13. The normalized spacial score (nSPS) is 16.5. The van der Waals surface area contributed by atoms with Crippen LogP contribution in [-0.2, 0) is 16.0 Å². The fourth-order valence-corrected chi connectivity index (χ4v) is 1.69. The van der Waals surface area contributed by atoms with Crippen molar-refractivity contribution in [3.63, 3.8) is 0 Å². The molecule has 13 heavy (non-hydrogen) atoms. The van der Waals surface area contributed by atoms with Crippen molar-refractivity contribution in [3.8, 4) is 0 Å². The molecule has 2 atom stereocenters. The van der Waals surface area contributed by atoms with Crippen LogP contribution in [0, 0.1) is 5.92 Å². The second-order valence-corrected chi connectivity index (χ2v) is 4.10. The zero-order valence-corrected chi connectivity index (χ0v) is 8.72. The third-order valence-electron chi connectivity index (χ3n) is 1.60. The summed E-state index contributed by atoms with van der Waals surface area (Å²) in [5.41, 5.74) is 0. The first kappa shape index (κ1) is 12.2. The van der Waals surface area contributed by atoms with Crippen LogP contribution in [0.15, 0.2) is 5.16 Å². The predicted octanol–water partition coefficient (Wildman–Crippen LogP) is -0.0752. The van der Waals surface area contributed by atoms with Crippen LogP contribution >= 0.6 is 0 Å². The van der Waals surface area contributed by atoms with Gasteiger partial charge in [-0.1, -0.05) is 0 Å². The van der Waals surface area contributed by atoms with E-state index in [4.69, 9.17) is 5.21 Å². The molecular formula is C7H14N2O3S. The van der Waals surface area contributed by atoms with Crippen molar-refractivity contribution in [2.45, 2.75) is 13.8 Å². The van der Waals surface area contributed by atoms with Crippen LogP contribution in [0.3, 0.4) is 0 Å². The van der Waals surface area contributed by atoms with Gasteiger partial charge in [0.15, 0.2) is 0 Å². The molecule has 2 unspecified atom stereocenters. The fraction of sp³-hybridized carbons (Fsp3) is 0.714. The molecule has 6 heteroatoms. The summed E-state index contributed by atoms with van der Waals surface area (Å²) in [7, 11) is 1.47. The van der Waals surface area contributed by atoms with Crippen LogP contribution < -0.4 is 5.32 Å². The molecule has 2 N–H and O–H groups in total. The molecule has 0 aliphatic heterocycles. The van der Waals surface area contributed by atoms with Gasteiger partial charge in [0, 0.05) is 18.2 Å². The summed E-state index contributed by atoms with van der Waals surface area (Å²) in [4.78, 5) is 11.1. The van der Waals surface area contributed by atoms with Crippen LogP contribution in [0.5, 0.6) is 0 Å². The summed E-state index contributed by atoms with van der Waals surface area (Å²) in [6.45, 7) is 3.24. The molecule has 0 aromatic carbocycles. The largest absolute Gasteiger partial charge is 0.610 e. The van der Waals surface area contributed by atoms with E-state index in [1.165, 1.54) is 7.05 Å². The van der Waals surface area contributed by atoms with Gasteiger partial charge in [0.25, 0.3) is 5.04 Å². The summed E-state index contributed by atoms with van der Waals surface area (Å²) in [5, 5.41) is 13.8. The van der Waals surface area contributed by atoms with Gasteiger partial charge in [-0.15, -0.1) is 0 Å². The van der Waals surface area contributed by atoms with Gasteiger partial charge in [-0.3, -0.25) is 4.79 Å². The van der Waals surface area contributed by atoms with Crippen LogP contribution in [0.25, 0.3) is 0 Å². The van der Waals surface area contributed by atoms with Crippen molar-refractivity contribution >= 4 is 22.1 Å². The number of nitrogens with zero attached hydrogens (tertiary/aromatic N) is 1. The van der Waals surface area contributed by atoms with E-state index in [0.717, 1.165) is 0 Å². The average molecular weight is 206 g/mol. The lowest BCUT2D eigenvalue weighted by molar-refractivity contribution is -0.122. The minimum atomic E-state index is -1.38. The number of oxime groups is 1. The molecule has 0 radical (unpaired) electrons. The van der Waals surface area contributed by atoms with Crippen molar-refractivity contribution in [1.82, 2.24) is 5.32 Å². The van der Waals surface area contributed by atoms with Gasteiger partial charge in [0.05, 0.1) is 0 Å². The lowest BCUT2D eigenvalue weighted by atomic mass is 10.2. The molecule has 5 nitrogen and oxygen atoms in total. The third kappa shape index (κ3) is 3.23. The summed E-state index contributed by atoms with van der Waals surface area (Å²) in [6.07, 6.45) is 0. The van der Waals surface area contributed by atoms with E-state index in [1.807, 2.05) is 0 Å². The zero-order valence-electron chi connectivity index (χ0n) is 7.90. The standard InChI is InChI=1S/C7H14N2O3S/c1-4-13(12)7(9-11)5(2)6(10)8-3/h5,11H,4H2,1-3H3,(H,8,10). The second kappa shape index (κ2) is 5.82. The molecule has 0 aromatic rings. The van der Waals surface area contributed by atoms with Gasteiger partial charge in [0.2, 0.25) is 5.91 Å². The first-order valence-corrected chi connectivity index (χ1v) is 5.22. The Balaban J connectivity index is 4.51. The molecule has 0 rings (SSSR count). The Labute approximate surface area is 80.4 Å². The number of hydrogen-bond donors (Lipinski definition) is 2. The highest BCUT2D eigenvalue weighted by atomic mass is 32.2. The van der Waals surface area contributed by atoms with Crippen molar-refractivity contribution < 1.29 is 14.6 Å². The van der Waals surface area contributed by atoms with Crippen LogP contribution in [-0.4, -0.2) is 33.5 Å². The Morgan fingerprint density at radius 3 is 2.62 bits per heavy atom. The molecule has 1 amide bonds. The number of hydrogen-bond acceptors (Lipinski definition) is 4. The highest BCUT2D eigenvalue weighted by molar-refractivity contribution is 8.06. The fourth-order valence-electron chi connectivity index (χ4n) is 0.806. The summed E-state index contributed by atoms with van der Waals surface area (Å²) in [5.74, 6) is -0.633. The number of amides is 1. The maximum Gasteiger partial charge on any atom is 0.266 e. The summed E-state index contributed by atoms with van der Waals surface area (Å²) < 4.78 is 11.2. The molecule has 0 aliphatic rings. The van der Waals surface area contributed by atoms with Crippen molar-refractivity contribution in [2.24, 2.45) is 11.1 Å². The van der Waals surface area contributed by atoms with E-state index >= 15 is 0 Å². The van der Waals surface area contributed by atoms with Crippen LogP contribution in [0.2, 0.25) is 0 Å². The summed E-state index contributed by atoms with van der Waals surface area (Å²) >= 11 is -1.38. The number of rotatable bonds is 3. The summed E-state index contributed by atoms with van der Waals surface area (Å²) in [6, 6.07) is 0. The topological polar surface area (TPSA) is 84.8 Å². The number of carbonyl (C=O) groups excluding carboxylic acids is 1. The van der Waals surface area contributed by atoms with E-state index in [-0.39, 0.29) is 11.0 Å². The van der Waals surface area contributed by atoms with Crippen molar-refractivity contribution in [3.05, 3.63) is 0 Å². The number of carbonyl (C=O) groups is 1. The zero-order chi connectivity index (χ0) is 10.4. The first-order chi connectivity index (χ1) is 6.08. The molecule has 0 bridgehead atoms. The average Bonchev–Trinajstić information content (AvgIpc) is 2.17. The first-order valence-electron chi connectivity index (χ1n) is 3.90. The molecule has 0 saturated heterocycles. The van der Waals surface area contributed by atoms with E-state index in [2.05, 4.69) is 10.5 Å². The van der Waals surface area contributed by atoms with E-state index in [9.17, 15) is 9.35 Å². The van der Waals surface area contributed by atoms with Gasteiger partial charge in [-0.25, -0.2) is 0 Å². The Bertz CT molecular complexity index is 208. The van der Waals surface area contributed by atoms with E-state index in [0.29, 0.717) is 5.75 Å². The quantitative estimate of drug-likeness (QED) is 0.223. The Hall–Kier alpha value is -0.750. The maximum atomic E-state index is 11.2. The lowest BCUT2D eigenvalue weighted by Crippen LogP contribution is -2.35. The Morgan fingerprint density at radius 2 is 2.31 bits per heavy atom. The Kier molecular flexibility index (Phi) is 5.48.